The second kappa shape index (κ2) is 20.4. The Bertz CT molecular complexity index is 1050. The van der Waals surface area contributed by atoms with Crippen LogP contribution in [0.3, 0.4) is 0 Å². The maximum absolute atomic E-state index is 13.3. The average molecular weight is 629 g/mol. The molecule has 5 unspecified atom stereocenters. The minimum atomic E-state index is -1.34. The van der Waals surface area contributed by atoms with Crippen molar-refractivity contribution in [3.8, 4) is 0 Å². The Balaban J connectivity index is 5.75. The molecule has 18 nitrogen and oxygen atoms in total. The van der Waals surface area contributed by atoms with Crippen LogP contribution in [0.25, 0.3) is 0 Å². The molecule has 0 aromatic heterocycles. The van der Waals surface area contributed by atoms with E-state index in [1.807, 2.05) is 13.8 Å². The summed E-state index contributed by atoms with van der Waals surface area (Å²) in [5.74, 6) is -5.12. The Morgan fingerprint density at radius 3 is 1.73 bits per heavy atom. The van der Waals surface area contributed by atoms with Gasteiger partial charge in [0.15, 0.2) is 5.96 Å². The smallest absolute Gasteiger partial charge is 0.245 e. The molecule has 0 saturated carbocycles. The third-order valence-corrected chi connectivity index (χ3v) is 6.11. The molecule has 0 aliphatic rings. The number of nitrogens with two attached hydrogens (primary N) is 3. The number of amides is 7. The van der Waals surface area contributed by atoms with Crippen LogP contribution in [0, 0.1) is 5.92 Å². The van der Waals surface area contributed by atoms with Crippen molar-refractivity contribution >= 4 is 47.3 Å². The second-order valence-corrected chi connectivity index (χ2v) is 10.5. The van der Waals surface area contributed by atoms with E-state index in [1.54, 1.807) is 0 Å². The van der Waals surface area contributed by atoms with Gasteiger partial charge in [0.25, 0.3) is 0 Å². The Labute approximate surface area is 256 Å². The number of hydrogen-bond acceptors (Lipinski definition) is 9. The summed E-state index contributed by atoms with van der Waals surface area (Å²) in [6, 6.07) is -5.95. The topological polar surface area (TPSA) is 302 Å². The van der Waals surface area contributed by atoms with Gasteiger partial charge in [-0.05, 0) is 38.5 Å². The van der Waals surface area contributed by atoms with Crippen LogP contribution < -0.4 is 49.1 Å². The van der Waals surface area contributed by atoms with Gasteiger partial charge in [0.05, 0.1) is 6.61 Å². The molecule has 0 aliphatic heterocycles. The normalized spacial score (nSPS) is 14.1. The van der Waals surface area contributed by atoms with Crippen molar-refractivity contribution in [1.82, 2.24) is 31.9 Å². The van der Waals surface area contributed by atoms with Crippen molar-refractivity contribution in [2.45, 2.75) is 90.0 Å². The predicted octanol–water partition coefficient (Wildman–Crippen LogP) is -4.45. The third kappa shape index (κ3) is 16.2. The Hall–Kier alpha value is -4.48. The predicted molar refractivity (Wildman–Crippen MR) is 160 cm³/mol. The van der Waals surface area contributed by atoms with Crippen LogP contribution in [-0.2, 0) is 33.6 Å². The largest absolute Gasteiger partial charge is 0.394 e. The van der Waals surface area contributed by atoms with E-state index in [-0.39, 0.29) is 44.1 Å². The van der Waals surface area contributed by atoms with Gasteiger partial charge in [-0.15, -0.1) is 0 Å². The maximum Gasteiger partial charge on any atom is 0.245 e. The fraction of sp³-hybridized carbons (Fsp3) is 0.692. The summed E-state index contributed by atoms with van der Waals surface area (Å²) >= 11 is 0. The van der Waals surface area contributed by atoms with Crippen LogP contribution >= 0.6 is 0 Å². The summed E-state index contributed by atoms with van der Waals surface area (Å²) in [5.41, 5.74) is 15.9. The highest BCUT2D eigenvalue weighted by atomic mass is 16.3. The first kappa shape index (κ1) is 39.5. The second-order valence-electron chi connectivity index (χ2n) is 10.5. The number of aliphatic hydroxyl groups is 1. The number of guanidine groups is 1. The number of carbonyl (C=O) groups is 7. The molecule has 0 spiro atoms. The molecule has 0 fully saturated rings. The van der Waals surface area contributed by atoms with Crippen LogP contribution in [-0.4, -0.2) is 103 Å². The van der Waals surface area contributed by atoms with Gasteiger partial charge in [-0.2, -0.15) is 0 Å². The van der Waals surface area contributed by atoms with Crippen molar-refractivity contribution in [1.29, 1.82) is 0 Å². The van der Waals surface area contributed by atoms with E-state index in [0.717, 1.165) is 6.92 Å². The van der Waals surface area contributed by atoms with Crippen LogP contribution in [0.5, 0.6) is 0 Å². The first-order valence-electron chi connectivity index (χ1n) is 14.2. The number of nitrogens with one attached hydrogen (secondary N) is 6. The van der Waals surface area contributed by atoms with Crippen molar-refractivity contribution in [3.63, 3.8) is 0 Å². The summed E-state index contributed by atoms with van der Waals surface area (Å²) in [5, 5.41) is 24.0. The molecule has 0 aromatic carbocycles. The van der Waals surface area contributed by atoms with E-state index < -0.39 is 78.2 Å². The molecular weight excluding hydrogens is 580 g/mol. The number of aliphatic imine (C=N–C) groups is 1. The quantitative estimate of drug-likeness (QED) is 0.0350. The fourth-order valence-corrected chi connectivity index (χ4v) is 3.87. The number of nitrogens with zero attached hydrogens (tertiary/aromatic N) is 1. The number of primary amides is 1. The summed E-state index contributed by atoms with van der Waals surface area (Å²) in [6.07, 6.45) is 0.229. The summed E-state index contributed by atoms with van der Waals surface area (Å²) < 4.78 is 0. The van der Waals surface area contributed by atoms with Gasteiger partial charge in [-0.25, -0.2) is 0 Å². The lowest BCUT2D eigenvalue weighted by atomic mass is 10.0. The zero-order chi connectivity index (χ0) is 34.0. The lowest BCUT2D eigenvalue weighted by Gasteiger charge is -2.27. The van der Waals surface area contributed by atoms with E-state index in [0.29, 0.717) is 6.42 Å². The van der Waals surface area contributed by atoms with Gasteiger partial charge in [-0.3, -0.25) is 38.6 Å². The van der Waals surface area contributed by atoms with Gasteiger partial charge in [0, 0.05) is 26.9 Å². The first-order valence-corrected chi connectivity index (χ1v) is 14.2. The standard InChI is InChI=1S/C26H48N10O8/c1-13(2)11-18(24(43)35-16(22(41)30-5)7-6-10-31-26(28)29)36-23(42)17(8-9-20(27)39)34-21(40)14(3)32-25(44)19(12-37)33-15(4)38/h13-14,16-19,37H,6-12H2,1-5H3,(H2,27,39)(H,30,41)(H,32,44)(H,33,38)(H,34,40)(H,35,43)(H,36,42)(H4,28,29,31). The van der Waals surface area contributed by atoms with Crippen LogP contribution in [0.15, 0.2) is 4.99 Å². The van der Waals surface area contributed by atoms with E-state index >= 15 is 0 Å². The zero-order valence-corrected chi connectivity index (χ0v) is 25.9. The monoisotopic (exact) mass is 628 g/mol. The number of hydrogen-bond donors (Lipinski definition) is 10. The number of rotatable bonds is 20. The fourth-order valence-electron chi connectivity index (χ4n) is 3.87. The maximum atomic E-state index is 13.3. The minimum absolute atomic E-state index is 0.0802. The zero-order valence-electron chi connectivity index (χ0n) is 25.9. The van der Waals surface area contributed by atoms with E-state index in [4.69, 9.17) is 17.2 Å². The molecule has 13 N–H and O–H groups in total. The molecule has 44 heavy (non-hydrogen) atoms. The number of aliphatic hydroxyl groups excluding tert-OH is 1. The SMILES string of the molecule is CNC(=O)C(CCCN=C(N)N)NC(=O)C(CC(C)C)NC(=O)C(CCC(N)=O)NC(=O)C(C)NC(=O)C(CO)NC(C)=O. The van der Waals surface area contributed by atoms with Crippen molar-refractivity contribution < 1.29 is 38.7 Å². The molecular formula is C26H48N10O8. The van der Waals surface area contributed by atoms with E-state index in [2.05, 4.69) is 36.9 Å². The highest BCUT2D eigenvalue weighted by Gasteiger charge is 2.31. The van der Waals surface area contributed by atoms with Crippen LogP contribution in [0.4, 0.5) is 0 Å². The van der Waals surface area contributed by atoms with Crippen molar-refractivity contribution in [3.05, 3.63) is 0 Å². The molecule has 5 atom stereocenters. The van der Waals surface area contributed by atoms with Gasteiger partial charge in [0.2, 0.25) is 41.4 Å². The third-order valence-electron chi connectivity index (χ3n) is 6.11. The molecule has 0 aromatic rings. The molecule has 7 amide bonds. The number of likely N-dealkylation sites (N-methyl/N-ethyl adjacent to an activating group) is 1. The minimum Gasteiger partial charge on any atom is -0.394 e. The van der Waals surface area contributed by atoms with Crippen molar-refractivity contribution in [2.24, 2.45) is 28.1 Å². The van der Waals surface area contributed by atoms with Crippen molar-refractivity contribution in [2.75, 3.05) is 20.2 Å². The van der Waals surface area contributed by atoms with Crippen LogP contribution in [0.1, 0.15) is 59.8 Å². The van der Waals surface area contributed by atoms with E-state index in [9.17, 15) is 38.7 Å². The lowest BCUT2D eigenvalue weighted by molar-refractivity contribution is -0.135. The average Bonchev–Trinajstić information content (AvgIpc) is 2.93. The van der Waals surface area contributed by atoms with Gasteiger partial charge in [-0.1, -0.05) is 13.8 Å². The van der Waals surface area contributed by atoms with Gasteiger partial charge in [0.1, 0.15) is 30.2 Å². The lowest BCUT2D eigenvalue weighted by Crippen LogP contribution is -2.59. The highest BCUT2D eigenvalue weighted by molar-refractivity contribution is 5.96. The summed E-state index contributed by atoms with van der Waals surface area (Å²) in [6.45, 7) is 5.59. The van der Waals surface area contributed by atoms with Gasteiger partial charge >= 0.3 is 0 Å². The first-order chi connectivity index (χ1) is 20.5. The molecule has 250 valence electrons. The molecule has 0 bridgehead atoms. The Morgan fingerprint density at radius 2 is 1.23 bits per heavy atom. The highest BCUT2D eigenvalue weighted by Crippen LogP contribution is 2.09. The summed E-state index contributed by atoms with van der Waals surface area (Å²) in [7, 11) is 1.41. The molecule has 0 radical (unpaired) electrons. The van der Waals surface area contributed by atoms with Crippen LogP contribution in [0.2, 0.25) is 0 Å². The van der Waals surface area contributed by atoms with E-state index in [1.165, 1.54) is 14.0 Å². The Kier molecular flexibility index (Phi) is 18.3. The number of carbonyl (C=O) groups excluding carboxylic acids is 7. The molecule has 0 rings (SSSR count). The molecule has 0 heterocycles. The molecule has 0 aliphatic carbocycles. The molecule has 0 saturated heterocycles. The molecule has 18 heteroatoms. The summed E-state index contributed by atoms with van der Waals surface area (Å²) in [4.78, 5) is 90.8. The van der Waals surface area contributed by atoms with Gasteiger partial charge < -0.3 is 54.2 Å². The Morgan fingerprint density at radius 1 is 0.705 bits per heavy atom.